The van der Waals surface area contributed by atoms with Crippen molar-refractivity contribution < 1.29 is 5.11 Å². The standard InChI is InChI=1S/C8H11N.C2H6.CH4O/c1-9(2)8-6-4-3-5-7-8;2*1-2/h3-7H,1-2H3;1-2H3;2H,1H3. The van der Waals surface area contributed by atoms with Crippen molar-refractivity contribution in [2.75, 3.05) is 26.1 Å². The third kappa shape index (κ3) is 7.34. The molecule has 1 N–H and O–H groups in total. The molecule has 1 aromatic rings. The summed E-state index contributed by atoms with van der Waals surface area (Å²) in [6, 6.07) is 10.3. The van der Waals surface area contributed by atoms with E-state index in [9.17, 15) is 0 Å². The predicted octanol–water partition coefficient (Wildman–Crippen LogP) is 2.39. The summed E-state index contributed by atoms with van der Waals surface area (Å²) >= 11 is 0. The molecule has 0 amide bonds. The SMILES string of the molecule is CC.CN(C)c1ccccc1.CO. The van der Waals surface area contributed by atoms with Crippen LogP contribution in [-0.2, 0) is 0 Å². The van der Waals surface area contributed by atoms with Gasteiger partial charge in [0, 0.05) is 26.9 Å². The van der Waals surface area contributed by atoms with E-state index in [1.807, 2.05) is 46.1 Å². The van der Waals surface area contributed by atoms with Gasteiger partial charge in [0.25, 0.3) is 0 Å². The van der Waals surface area contributed by atoms with Crippen LogP contribution in [-0.4, -0.2) is 26.3 Å². The topological polar surface area (TPSA) is 23.5 Å². The van der Waals surface area contributed by atoms with E-state index < -0.39 is 0 Å². The second kappa shape index (κ2) is 11.0. The van der Waals surface area contributed by atoms with E-state index in [1.54, 1.807) is 0 Å². The molecule has 0 saturated heterocycles. The van der Waals surface area contributed by atoms with Gasteiger partial charge in [0.1, 0.15) is 0 Å². The van der Waals surface area contributed by atoms with Crippen LogP contribution in [0.4, 0.5) is 5.69 Å². The Kier molecular flexibility index (Phi) is 12.2. The number of aliphatic hydroxyl groups is 1. The van der Waals surface area contributed by atoms with Gasteiger partial charge < -0.3 is 10.0 Å². The van der Waals surface area contributed by atoms with E-state index in [4.69, 9.17) is 5.11 Å². The number of aliphatic hydroxyl groups excluding tert-OH is 1. The van der Waals surface area contributed by atoms with Crippen molar-refractivity contribution >= 4 is 5.69 Å². The average Bonchev–Trinajstić information content (AvgIpc) is 2.25. The van der Waals surface area contributed by atoms with Crippen LogP contribution < -0.4 is 4.90 Å². The van der Waals surface area contributed by atoms with Crippen LogP contribution in [0, 0.1) is 0 Å². The van der Waals surface area contributed by atoms with Crippen molar-refractivity contribution in [3.05, 3.63) is 30.3 Å². The maximum absolute atomic E-state index is 7.00. The van der Waals surface area contributed by atoms with E-state index in [1.165, 1.54) is 5.69 Å². The molecule has 13 heavy (non-hydrogen) atoms. The molecule has 2 heteroatoms. The summed E-state index contributed by atoms with van der Waals surface area (Å²) in [6.45, 7) is 4.00. The van der Waals surface area contributed by atoms with Gasteiger partial charge in [-0.05, 0) is 12.1 Å². The van der Waals surface area contributed by atoms with Crippen molar-refractivity contribution in [3.63, 3.8) is 0 Å². The smallest absolute Gasteiger partial charge is 0.0360 e. The van der Waals surface area contributed by atoms with Gasteiger partial charge >= 0.3 is 0 Å². The summed E-state index contributed by atoms with van der Waals surface area (Å²) in [6.07, 6.45) is 0. The number of anilines is 1. The zero-order valence-corrected chi connectivity index (χ0v) is 9.28. The maximum Gasteiger partial charge on any atom is 0.0360 e. The summed E-state index contributed by atoms with van der Waals surface area (Å²) < 4.78 is 0. The molecule has 76 valence electrons. The Morgan fingerprint density at radius 3 is 1.54 bits per heavy atom. The van der Waals surface area contributed by atoms with Crippen LogP contribution in [0.25, 0.3) is 0 Å². The Balaban J connectivity index is 0. The summed E-state index contributed by atoms with van der Waals surface area (Å²) in [5.74, 6) is 0. The van der Waals surface area contributed by atoms with Gasteiger partial charge in [-0.2, -0.15) is 0 Å². The van der Waals surface area contributed by atoms with Crippen molar-refractivity contribution in [2.45, 2.75) is 13.8 Å². The molecule has 0 unspecified atom stereocenters. The summed E-state index contributed by atoms with van der Waals surface area (Å²) in [7, 11) is 5.07. The minimum absolute atomic E-state index is 1.00. The molecule has 0 heterocycles. The number of para-hydroxylation sites is 1. The van der Waals surface area contributed by atoms with Crippen LogP contribution in [0.1, 0.15) is 13.8 Å². The molecule has 0 aliphatic carbocycles. The average molecular weight is 183 g/mol. The van der Waals surface area contributed by atoms with Crippen molar-refractivity contribution in [3.8, 4) is 0 Å². The number of hydrogen-bond acceptors (Lipinski definition) is 2. The molecule has 0 aliphatic rings. The second-order valence-corrected chi connectivity index (χ2v) is 2.23. The zero-order valence-electron chi connectivity index (χ0n) is 9.28. The van der Waals surface area contributed by atoms with E-state index in [0.717, 1.165) is 7.11 Å². The van der Waals surface area contributed by atoms with Gasteiger partial charge in [0.05, 0.1) is 0 Å². The van der Waals surface area contributed by atoms with Gasteiger partial charge in [-0.25, -0.2) is 0 Å². The van der Waals surface area contributed by atoms with E-state index >= 15 is 0 Å². The lowest BCUT2D eigenvalue weighted by Crippen LogP contribution is -2.07. The van der Waals surface area contributed by atoms with Gasteiger partial charge in [-0.15, -0.1) is 0 Å². The van der Waals surface area contributed by atoms with Crippen molar-refractivity contribution in [1.29, 1.82) is 0 Å². The number of benzene rings is 1. The lowest BCUT2D eigenvalue weighted by atomic mass is 10.3. The molecule has 0 aliphatic heterocycles. The highest BCUT2D eigenvalue weighted by Crippen LogP contribution is 2.07. The zero-order chi connectivity index (χ0) is 10.7. The first-order valence-corrected chi connectivity index (χ1v) is 4.48. The van der Waals surface area contributed by atoms with E-state index in [0.29, 0.717) is 0 Å². The molecule has 0 aromatic heterocycles. The molecule has 1 aromatic carbocycles. The third-order valence-electron chi connectivity index (χ3n) is 1.27. The second-order valence-electron chi connectivity index (χ2n) is 2.23. The summed E-state index contributed by atoms with van der Waals surface area (Å²) in [4.78, 5) is 2.08. The van der Waals surface area contributed by atoms with Crippen molar-refractivity contribution in [1.82, 2.24) is 0 Å². The normalized spacial score (nSPS) is 7.23. The Bertz CT molecular complexity index is 173. The lowest BCUT2D eigenvalue weighted by molar-refractivity contribution is 0.399. The molecule has 0 spiro atoms. The van der Waals surface area contributed by atoms with Crippen LogP contribution in [0.15, 0.2) is 30.3 Å². The van der Waals surface area contributed by atoms with Gasteiger partial charge in [-0.1, -0.05) is 32.0 Å². The Morgan fingerprint density at radius 2 is 1.31 bits per heavy atom. The summed E-state index contributed by atoms with van der Waals surface area (Å²) in [5.41, 5.74) is 1.25. The Labute approximate surface area is 81.8 Å². The molecule has 0 fully saturated rings. The first-order valence-electron chi connectivity index (χ1n) is 4.48. The van der Waals surface area contributed by atoms with E-state index in [2.05, 4.69) is 17.0 Å². The number of rotatable bonds is 1. The quantitative estimate of drug-likeness (QED) is 0.722. The first-order chi connectivity index (χ1) is 6.30. The molecular formula is C11H21NO. The largest absolute Gasteiger partial charge is 0.400 e. The minimum atomic E-state index is 1.00. The van der Waals surface area contributed by atoms with Crippen molar-refractivity contribution in [2.24, 2.45) is 0 Å². The Hall–Kier alpha value is -1.02. The van der Waals surface area contributed by atoms with Crippen LogP contribution in [0.5, 0.6) is 0 Å². The van der Waals surface area contributed by atoms with Gasteiger partial charge in [0.15, 0.2) is 0 Å². The molecule has 1 rings (SSSR count). The van der Waals surface area contributed by atoms with Crippen LogP contribution in [0.3, 0.4) is 0 Å². The Morgan fingerprint density at radius 1 is 0.923 bits per heavy atom. The number of nitrogens with zero attached hydrogens (tertiary/aromatic N) is 1. The van der Waals surface area contributed by atoms with E-state index in [-0.39, 0.29) is 0 Å². The maximum atomic E-state index is 7.00. The fraction of sp³-hybridized carbons (Fsp3) is 0.455. The highest BCUT2D eigenvalue weighted by atomic mass is 16.2. The highest BCUT2D eigenvalue weighted by molar-refractivity contribution is 5.43. The molecule has 0 radical (unpaired) electrons. The summed E-state index contributed by atoms with van der Waals surface area (Å²) in [5, 5.41) is 7.00. The fourth-order valence-electron chi connectivity index (χ4n) is 0.726. The van der Waals surface area contributed by atoms with Crippen LogP contribution in [0.2, 0.25) is 0 Å². The lowest BCUT2D eigenvalue weighted by Gasteiger charge is -2.10. The highest BCUT2D eigenvalue weighted by Gasteiger charge is 1.87. The predicted molar refractivity (Wildman–Crippen MR) is 60.3 cm³/mol. The van der Waals surface area contributed by atoms with Gasteiger partial charge in [-0.3, -0.25) is 0 Å². The fourth-order valence-corrected chi connectivity index (χ4v) is 0.726. The van der Waals surface area contributed by atoms with Gasteiger partial charge in [0.2, 0.25) is 0 Å². The van der Waals surface area contributed by atoms with Crippen LogP contribution >= 0.6 is 0 Å². The molecule has 0 saturated carbocycles. The third-order valence-corrected chi connectivity index (χ3v) is 1.27. The molecule has 0 atom stereocenters. The molecular weight excluding hydrogens is 162 g/mol. The monoisotopic (exact) mass is 183 g/mol. The molecule has 0 bridgehead atoms. The molecule has 2 nitrogen and oxygen atoms in total. The first kappa shape index (κ1) is 14.5. The number of hydrogen-bond donors (Lipinski definition) is 1. The minimum Gasteiger partial charge on any atom is -0.400 e.